The van der Waals surface area contributed by atoms with Gasteiger partial charge in [0.2, 0.25) is 5.95 Å². The van der Waals surface area contributed by atoms with Crippen LogP contribution in [0, 0.1) is 0 Å². The molecule has 0 bridgehead atoms. The molecule has 3 aromatic rings. The van der Waals surface area contributed by atoms with Crippen LogP contribution in [0.5, 0.6) is 0 Å². The third-order valence-electron chi connectivity index (χ3n) is 3.72. The highest BCUT2D eigenvalue weighted by Gasteiger charge is 2.29. The topological polar surface area (TPSA) is 71.3 Å². The Bertz CT molecular complexity index is 905. The van der Waals surface area contributed by atoms with Gasteiger partial charge in [-0.05, 0) is 43.3 Å². The second-order valence-electron chi connectivity index (χ2n) is 5.73. The first kappa shape index (κ1) is 17.9. The van der Waals surface area contributed by atoms with Crippen molar-refractivity contribution in [2.24, 2.45) is 0 Å². The van der Waals surface area contributed by atoms with E-state index in [-0.39, 0.29) is 12.0 Å². The molecule has 2 N–H and O–H groups in total. The zero-order chi connectivity index (χ0) is 18.7. The van der Waals surface area contributed by atoms with Gasteiger partial charge in [0, 0.05) is 12.2 Å². The number of hydrogen-bond donors (Lipinski definition) is 2. The van der Waals surface area contributed by atoms with Gasteiger partial charge in [0.25, 0.3) is 0 Å². The fourth-order valence-corrected chi connectivity index (χ4v) is 2.33. The van der Waals surface area contributed by atoms with Crippen molar-refractivity contribution in [1.29, 1.82) is 0 Å². The highest BCUT2D eigenvalue weighted by molar-refractivity contribution is 5.57. The van der Waals surface area contributed by atoms with Gasteiger partial charge >= 0.3 is 6.18 Å². The normalized spacial score (nSPS) is 12.9. The van der Waals surface area contributed by atoms with Crippen molar-refractivity contribution in [2.75, 3.05) is 5.32 Å². The lowest BCUT2D eigenvalue weighted by Gasteiger charge is -2.08. The molecule has 1 atom stereocenters. The lowest BCUT2D eigenvalue weighted by Crippen LogP contribution is -2.27. The third-order valence-corrected chi connectivity index (χ3v) is 3.72. The molecule has 0 radical (unpaired) electrons. The van der Waals surface area contributed by atoms with E-state index in [0.29, 0.717) is 17.9 Å². The van der Waals surface area contributed by atoms with E-state index in [1.54, 1.807) is 17.5 Å². The molecule has 0 aliphatic heterocycles. The summed E-state index contributed by atoms with van der Waals surface area (Å²) in [6.07, 6.45) is -3.57. The molecule has 3 rings (SSSR count). The van der Waals surface area contributed by atoms with Crippen LogP contribution in [0.15, 0.2) is 42.5 Å². The van der Waals surface area contributed by atoms with E-state index in [9.17, 15) is 18.0 Å². The summed E-state index contributed by atoms with van der Waals surface area (Å²) in [5.74, 6) is 0.264. The predicted octanol–water partition coefficient (Wildman–Crippen LogP) is 3.17. The molecule has 0 saturated carbocycles. The predicted molar refractivity (Wildman–Crippen MR) is 90.1 cm³/mol. The number of hydrogen-bond acceptors (Lipinski definition) is 5. The molecular weight excluding hydrogens is 347 g/mol. The van der Waals surface area contributed by atoms with E-state index in [1.165, 1.54) is 12.1 Å². The van der Waals surface area contributed by atoms with E-state index in [0.717, 1.165) is 24.1 Å². The molecule has 0 aliphatic carbocycles. The Morgan fingerprint density at radius 3 is 2.58 bits per heavy atom. The summed E-state index contributed by atoms with van der Waals surface area (Å²) in [5.41, 5.74) is 1.11. The minimum Gasteiger partial charge on any atom is -0.323 e. The van der Waals surface area contributed by atoms with Crippen molar-refractivity contribution in [3.8, 4) is 0 Å². The number of rotatable bonds is 6. The molecule has 0 fully saturated rings. The zero-order valence-electron chi connectivity index (χ0n) is 13.8. The summed E-state index contributed by atoms with van der Waals surface area (Å²) >= 11 is 0. The standard InChI is InChI=1S/C17H16F3N5O/c1-11(10-26)21-9-14-3-2-4-15-23-16(24-25(14)15)22-13-7-5-12(6-8-13)17(18,19)20/h2-8,10-11,21H,9H2,1H3,(H,22,24). The van der Waals surface area contributed by atoms with Crippen LogP contribution in [0.3, 0.4) is 0 Å². The van der Waals surface area contributed by atoms with Crippen molar-refractivity contribution in [2.45, 2.75) is 25.7 Å². The number of fused-ring (bicyclic) bond motifs is 1. The number of nitrogens with zero attached hydrogens (tertiary/aromatic N) is 3. The van der Waals surface area contributed by atoms with Crippen molar-refractivity contribution < 1.29 is 18.0 Å². The number of nitrogens with one attached hydrogen (secondary N) is 2. The third kappa shape index (κ3) is 3.99. The number of benzene rings is 1. The van der Waals surface area contributed by atoms with Crippen molar-refractivity contribution in [3.63, 3.8) is 0 Å². The average Bonchev–Trinajstić information content (AvgIpc) is 3.02. The van der Waals surface area contributed by atoms with Crippen LogP contribution in [0.1, 0.15) is 18.2 Å². The largest absolute Gasteiger partial charge is 0.416 e. The molecule has 6 nitrogen and oxygen atoms in total. The van der Waals surface area contributed by atoms with Crippen molar-refractivity contribution >= 4 is 23.6 Å². The van der Waals surface area contributed by atoms with Gasteiger partial charge in [-0.15, -0.1) is 5.10 Å². The molecule has 1 aromatic carbocycles. The Labute approximate surface area is 147 Å². The van der Waals surface area contributed by atoms with Crippen LogP contribution < -0.4 is 10.6 Å². The van der Waals surface area contributed by atoms with E-state index in [1.807, 2.05) is 12.1 Å². The fourth-order valence-electron chi connectivity index (χ4n) is 2.33. The number of halogens is 3. The summed E-state index contributed by atoms with van der Waals surface area (Å²) in [6.45, 7) is 2.16. The maximum atomic E-state index is 12.6. The highest BCUT2D eigenvalue weighted by Crippen LogP contribution is 2.30. The Balaban J connectivity index is 1.80. The Hall–Kier alpha value is -2.94. The number of aldehydes is 1. The molecule has 2 aromatic heterocycles. The Morgan fingerprint density at radius 1 is 1.19 bits per heavy atom. The summed E-state index contributed by atoms with van der Waals surface area (Å²) in [6, 6.07) is 9.76. The quantitative estimate of drug-likeness (QED) is 0.659. The van der Waals surface area contributed by atoms with Gasteiger partial charge in [-0.25, -0.2) is 4.52 Å². The van der Waals surface area contributed by atoms with Crippen LogP contribution in [0.2, 0.25) is 0 Å². The summed E-state index contributed by atoms with van der Waals surface area (Å²) in [4.78, 5) is 15.0. The van der Waals surface area contributed by atoms with Gasteiger partial charge in [-0.2, -0.15) is 18.2 Å². The molecule has 2 heterocycles. The minimum atomic E-state index is -4.37. The molecule has 0 spiro atoms. The average molecular weight is 363 g/mol. The van der Waals surface area contributed by atoms with E-state index >= 15 is 0 Å². The first-order valence-electron chi connectivity index (χ1n) is 7.84. The first-order valence-corrected chi connectivity index (χ1v) is 7.84. The molecule has 9 heteroatoms. The minimum absolute atomic E-state index is 0.264. The summed E-state index contributed by atoms with van der Waals surface area (Å²) in [5, 5.41) is 10.3. The monoisotopic (exact) mass is 363 g/mol. The molecular formula is C17H16F3N5O. The van der Waals surface area contributed by atoms with E-state index in [2.05, 4.69) is 20.7 Å². The summed E-state index contributed by atoms with van der Waals surface area (Å²) < 4.78 is 39.4. The lowest BCUT2D eigenvalue weighted by atomic mass is 10.2. The molecule has 0 aliphatic rings. The van der Waals surface area contributed by atoms with Gasteiger partial charge in [0.15, 0.2) is 5.65 Å². The van der Waals surface area contributed by atoms with Crippen molar-refractivity contribution in [1.82, 2.24) is 19.9 Å². The second-order valence-corrected chi connectivity index (χ2v) is 5.73. The van der Waals surface area contributed by atoms with Crippen LogP contribution in [-0.2, 0) is 17.5 Å². The lowest BCUT2D eigenvalue weighted by molar-refractivity contribution is -0.137. The van der Waals surface area contributed by atoms with Crippen molar-refractivity contribution in [3.05, 3.63) is 53.7 Å². The molecule has 0 saturated heterocycles. The number of pyridine rings is 1. The van der Waals surface area contributed by atoms with Gasteiger partial charge < -0.3 is 15.4 Å². The number of carbonyl (C=O) groups excluding carboxylic acids is 1. The molecule has 26 heavy (non-hydrogen) atoms. The maximum absolute atomic E-state index is 12.6. The summed E-state index contributed by atoms with van der Waals surface area (Å²) in [7, 11) is 0. The van der Waals surface area contributed by atoms with Gasteiger partial charge in [-0.1, -0.05) is 6.07 Å². The fraction of sp³-hybridized carbons (Fsp3) is 0.235. The number of anilines is 2. The van der Waals surface area contributed by atoms with E-state index in [4.69, 9.17) is 0 Å². The first-order chi connectivity index (χ1) is 12.4. The van der Waals surface area contributed by atoms with Crippen LogP contribution in [-0.4, -0.2) is 26.9 Å². The molecule has 136 valence electrons. The highest BCUT2D eigenvalue weighted by atomic mass is 19.4. The molecule has 1 unspecified atom stereocenters. The van der Waals surface area contributed by atoms with Gasteiger partial charge in [-0.3, -0.25) is 0 Å². The number of carbonyl (C=O) groups is 1. The van der Waals surface area contributed by atoms with Crippen LogP contribution >= 0.6 is 0 Å². The van der Waals surface area contributed by atoms with Gasteiger partial charge in [0.1, 0.15) is 6.29 Å². The molecule has 0 amide bonds. The van der Waals surface area contributed by atoms with Crippen LogP contribution in [0.4, 0.5) is 24.8 Å². The zero-order valence-corrected chi connectivity index (χ0v) is 13.8. The van der Waals surface area contributed by atoms with E-state index < -0.39 is 11.7 Å². The SMILES string of the molecule is CC(C=O)NCc1cccc2nc(Nc3ccc(C(F)(F)F)cc3)nn12. The number of aromatic nitrogens is 3. The Kier molecular flexibility index (Phi) is 4.90. The second kappa shape index (κ2) is 7.12. The maximum Gasteiger partial charge on any atom is 0.416 e. The smallest absolute Gasteiger partial charge is 0.323 e. The van der Waals surface area contributed by atoms with Gasteiger partial charge in [0.05, 0.1) is 17.3 Å². The Morgan fingerprint density at radius 2 is 1.92 bits per heavy atom. The number of alkyl halides is 3. The van der Waals surface area contributed by atoms with Crippen LogP contribution in [0.25, 0.3) is 5.65 Å².